The van der Waals surface area contributed by atoms with Crippen LogP contribution in [0.4, 0.5) is 11.4 Å². The summed E-state index contributed by atoms with van der Waals surface area (Å²) >= 11 is 12.1. The van der Waals surface area contributed by atoms with Gasteiger partial charge in [-0.15, -0.1) is 0 Å². The first-order valence-electron chi connectivity index (χ1n) is 8.80. The molecule has 1 amide bonds. The molecule has 7 heteroatoms. The van der Waals surface area contributed by atoms with Crippen molar-refractivity contribution in [2.24, 2.45) is 0 Å². The molecule has 0 fully saturated rings. The number of carbonyl (C=O) groups is 2. The van der Waals surface area contributed by atoms with Crippen LogP contribution in [-0.4, -0.2) is 17.0 Å². The van der Waals surface area contributed by atoms with Crippen molar-refractivity contribution in [2.75, 3.05) is 10.6 Å². The van der Waals surface area contributed by atoms with Crippen molar-refractivity contribution in [1.82, 2.24) is 0 Å². The Labute approximate surface area is 178 Å². The normalized spacial score (nSPS) is 10.4. The second kappa shape index (κ2) is 9.45. The van der Waals surface area contributed by atoms with Crippen LogP contribution in [-0.2, 0) is 17.8 Å². The quantitative estimate of drug-likeness (QED) is 0.465. The molecule has 0 heterocycles. The number of nitrogens with one attached hydrogen (secondary N) is 2. The van der Waals surface area contributed by atoms with Crippen LogP contribution in [0.25, 0.3) is 0 Å². The first-order chi connectivity index (χ1) is 13.9. The highest BCUT2D eigenvalue weighted by molar-refractivity contribution is 6.31. The maximum atomic E-state index is 12.8. The second-order valence-corrected chi connectivity index (χ2v) is 7.27. The monoisotopic (exact) mass is 428 g/mol. The number of aliphatic carboxylic acids is 1. The molecule has 0 unspecified atom stereocenters. The lowest BCUT2D eigenvalue weighted by atomic mass is 10.1. The Bertz CT molecular complexity index is 1040. The molecule has 3 N–H and O–H groups in total. The van der Waals surface area contributed by atoms with Crippen molar-refractivity contribution in [3.05, 3.63) is 93.5 Å². The Morgan fingerprint density at radius 2 is 1.59 bits per heavy atom. The Balaban J connectivity index is 1.74. The molecule has 0 bridgehead atoms. The molecule has 29 heavy (non-hydrogen) atoms. The van der Waals surface area contributed by atoms with Gasteiger partial charge in [0.25, 0.3) is 5.91 Å². The standard InChI is InChI=1S/C22H18Cl2N2O3/c23-16-3-1-2-15(10-16)13-25-20-9-6-17(24)12-19(20)22(29)26-18-7-4-14(5-8-18)11-21(27)28/h1-10,12,25H,11,13H2,(H,26,29)(H,27,28). The van der Waals surface area contributed by atoms with Gasteiger partial charge in [0.15, 0.2) is 0 Å². The van der Waals surface area contributed by atoms with E-state index in [-0.39, 0.29) is 12.3 Å². The third kappa shape index (κ3) is 5.98. The number of hydrogen-bond acceptors (Lipinski definition) is 3. The summed E-state index contributed by atoms with van der Waals surface area (Å²) in [6, 6.07) is 19.2. The summed E-state index contributed by atoms with van der Waals surface area (Å²) in [5.41, 5.74) is 3.23. The minimum Gasteiger partial charge on any atom is -0.481 e. The second-order valence-electron chi connectivity index (χ2n) is 6.39. The van der Waals surface area contributed by atoms with Crippen LogP contribution in [0, 0.1) is 0 Å². The SMILES string of the molecule is O=C(O)Cc1ccc(NC(=O)c2cc(Cl)ccc2NCc2cccc(Cl)c2)cc1. The van der Waals surface area contributed by atoms with Crippen molar-refractivity contribution < 1.29 is 14.7 Å². The smallest absolute Gasteiger partial charge is 0.307 e. The van der Waals surface area contributed by atoms with E-state index in [0.29, 0.717) is 39.1 Å². The zero-order valence-electron chi connectivity index (χ0n) is 15.3. The fourth-order valence-electron chi connectivity index (χ4n) is 2.78. The van der Waals surface area contributed by atoms with Gasteiger partial charge in [-0.3, -0.25) is 9.59 Å². The van der Waals surface area contributed by atoms with Crippen molar-refractivity contribution >= 4 is 46.5 Å². The van der Waals surface area contributed by atoms with Crippen molar-refractivity contribution in [1.29, 1.82) is 0 Å². The highest BCUT2D eigenvalue weighted by atomic mass is 35.5. The summed E-state index contributed by atoms with van der Waals surface area (Å²) in [5.74, 6) is -1.23. The average molecular weight is 429 g/mol. The first kappa shape index (κ1) is 20.7. The molecule has 3 rings (SSSR count). The van der Waals surface area contributed by atoms with Crippen LogP contribution in [0.2, 0.25) is 10.0 Å². The van der Waals surface area contributed by atoms with E-state index in [0.717, 1.165) is 5.56 Å². The van der Waals surface area contributed by atoms with E-state index >= 15 is 0 Å². The number of carboxylic acid groups (broad SMARTS) is 1. The summed E-state index contributed by atoms with van der Waals surface area (Å²) in [5, 5.41) is 16.0. The Hall–Kier alpha value is -3.02. The molecule has 0 aromatic heterocycles. The van der Waals surface area contributed by atoms with E-state index in [2.05, 4.69) is 10.6 Å². The molecule has 0 aliphatic carbocycles. The van der Waals surface area contributed by atoms with Gasteiger partial charge in [0.1, 0.15) is 0 Å². The highest BCUT2D eigenvalue weighted by Crippen LogP contribution is 2.23. The molecular weight excluding hydrogens is 411 g/mol. The first-order valence-corrected chi connectivity index (χ1v) is 9.56. The molecule has 0 aliphatic rings. The van der Waals surface area contributed by atoms with E-state index in [9.17, 15) is 9.59 Å². The predicted octanol–water partition coefficient (Wildman–Crippen LogP) is 5.48. The van der Waals surface area contributed by atoms with Crippen LogP contribution in [0.15, 0.2) is 66.7 Å². The van der Waals surface area contributed by atoms with E-state index in [1.165, 1.54) is 0 Å². The van der Waals surface area contributed by atoms with Gasteiger partial charge < -0.3 is 15.7 Å². The molecule has 0 spiro atoms. The van der Waals surface area contributed by atoms with Crippen LogP contribution in [0.5, 0.6) is 0 Å². The fraction of sp³-hybridized carbons (Fsp3) is 0.0909. The molecule has 5 nitrogen and oxygen atoms in total. The Morgan fingerprint density at radius 3 is 2.28 bits per heavy atom. The van der Waals surface area contributed by atoms with Crippen LogP contribution < -0.4 is 10.6 Å². The largest absolute Gasteiger partial charge is 0.481 e. The fourth-order valence-corrected chi connectivity index (χ4v) is 3.17. The molecule has 3 aromatic carbocycles. The predicted molar refractivity (Wildman–Crippen MR) is 116 cm³/mol. The number of carbonyl (C=O) groups excluding carboxylic acids is 1. The van der Waals surface area contributed by atoms with Gasteiger partial charge in [-0.25, -0.2) is 0 Å². The summed E-state index contributed by atoms with van der Waals surface area (Å²) < 4.78 is 0. The van der Waals surface area contributed by atoms with E-state index < -0.39 is 5.97 Å². The molecule has 0 atom stereocenters. The highest BCUT2D eigenvalue weighted by Gasteiger charge is 2.13. The lowest BCUT2D eigenvalue weighted by Crippen LogP contribution is -2.15. The van der Waals surface area contributed by atoms with Gasteiger partial charge in [0, 0.05) is 28.0 Å². The molecule has 0 radical (unpaired) electrons. The van der Waals surface area contributed by atoms with Gasteiger partial charge in [0.05, 0.1) is 12.0 Å². The molecular formula is C22H18Cl2N2O3. The Kier molecular flexibility index (Phi) is 6.75. The summed E-state index contributed by atoms with van der Waals surface area (Å²) in [7, 11) is 0. The van der Waals surface area contributed by atoms with Gasteiger partial charge in [-0.1, -0.05) is 47.5 Å². The third-order valence-electron chi connectivity index (χ3n) is 4.17. The van der Waals surface area contributed by atoms with Gasteiger partial charge in [0.2, 0.25) is 0 Å². The van der Waals surface area contributed by atoms with Gasteiger partial charge >= 0.3 is 5.97 Å². The van der Waals surface area contributed by atoms with Crippen LogP contribution >= 0.6 is 23.2 Å². The number of hydrogen-bond donors (Lipinski definition) is 3. The van der Waals surface area contributed by atoms with Crippen molar-refractivity contribution in [2.45, 2.75) is 13.0 Å². The average Bonchev–Trinajstić information content (AvgIpc) is 2.68. The summed E-state index contributed by atoms with van der Waals surface area (Å²) in [4.78, 5) is 23.6. The van der Waals surface area contributed by atoms with Gasteiger partial charge in [-0.05, 0) is 53.6 Å². The van der Waals surface area contributed by atoms with E-state index in [1.54, 1.807) is 48.5 Å². The van der Waals surface area contributed by atoms with E-state index in [4.69, 9.17) is 28.3 Å². The zero-order chi connectivity index (χ0) is 20.8. The molecule has 3 aromatic rings. The van der Waals surface area contributed by atoms with Crippen molar-refractivity contribution in [3.63, 3.8) is 0 Å². The van der Waals surface area contributed by atoms with Crippen LogP contribution in [0.1, 0.15) is 21.5 Å². The number of halogens is 2. The minimum absolute atomic E-state index is 0.0694. The summed E-state index contributed by atoms with van der Waals surface area (Å²) in [6.45, 7) is 0.492. The number of benzene rings is 3. The molecule has 0 saturated heterocycles. The third-order valence-corrected chi connectivity index (χ3v) is 4.64. The maximum absolute atomic E-state index is 12.8. The number of anilines is 2. The topological polar surface area (TPSA) is 78.4 Å². The summed E-state index contributed by atoms with van der Waals surface area (Å²) in [6.07, 6.45) is -0.0694. The molecule has 0 saturated carbocycles. The Morgan fingerprint density at radius 1 is 0.862 bits per heavy atom. The zero-order valence-corrected chi connectivity index (χ0v) is 16.8. The maximum Gasteiger partial charge on any atom is 0.307 e. The number of carboxylic acids is 1. The molecule has 148 valence electrons. The minimum atomic E-state index is -0.906. The van der Waals surface area contributed by atoms with Gasteiger partial charge in [-0.2, -0.15) is 0 Å². The van der Waals surface area contributed by atoms with Crippen LogP contribution in [0.3, 0.4) is 0 Å². The van der Waals surface area contributed by atoms with E-state index in [1.807, 2.05) is 18.2 Å². The molecule has 0 aliphatic heterocycles. The lowest BCUT2D eigenvalue weighted by molar-refractivity contribution is -0.136. The van der Waals surface area contributed by atoms with Crippen molar-refractivity contribution in [3.8, 4) is 0 Å². The number of rotatable bonds is 7. The lowest BCUT2D eigenvalue weighted by Gasteiger charge is -2.13. The number of amides is 1.